The number of aryl methyl sites for hydroxylation is 1. The lowest BCUT2D eigenvalue weighted by atomic mass is 9.76. The van der Waals surface area contributed by atoms with Gasteiger partial charge in [-0.3, -0.25) is 4.79 Å². The Morgan fingerprint density at radius 3 is 2.68 bits per heavy atom. The minimum atomic E-state index is -0.0420. The Morgan fingerprint density at radius 1 is 1.27 bits per heavy atom. The Bertz CT molecular complexity index is 694. The summed E-state index contributed by atoms with van der Waals surface area (Å²) in [6.07, 6.45) is 5.29. The van der Waals surface area contributed by atoms with Crippen LogP contribution in [-0.2, 0) is 6.54 Å². The second-order valence-corrected chi connectivity index (χ2v) is 6.83. The molecule has 1 aliphatic carbocycles. The van der Waals surface area contributed by atoms with Crippen LogP contribution in [-0.4, -0.2) is 14.7 Å². The summed E-state index contributed by atoms with van der Waals surface area (Å²) >= 11 is 0. The molecule has 0 radical (unpaired) electrons. The molecule has 0 amide bonds. The smallest absolute Gasteiger partial charge is 0.251 e. The Balaban J connectivity index is 1.75. The third-order valence-corrected chi connectivity index (χ3v) is 4.48. The summed E-state index contributed by atoms with van der Waals surface area (Å²) < 4.78 is 6.95. The van der Waals surface area contributed by atoms with Gasteiger partial charge in [-0.1, -0.05) is 19.0 Å². The molecule has 2 heterocycles. The van der Waals surface area contributed by atoms with Gasteiger partial charge in [0, 0.05) is 18.2 Å². The van der Waals surface area contributed by atoms with Gasteiger partial charge in [0.15, 0.2) is 5.82 Å². The summed E-state index contributed by atoms with van der Waals surface area (Å²) in [6, 6.07) is 3.52. The van der Waals surface area contributed by atoms with E-state index >= 15 is 0 Å². The van der Waals surface area contributed by atoms with Crippen molar-refractivity contribution in [2.45, 2.75) is 52.5 Å². The molecule has 5 heteroatoms. The summed E-state index contributed by atoms with van der Waals surface area (Å²) in [5.74, 6) is 3.09. The van der Waals surface area contributed by atoms with Gasteiger partial charge in [0.25, 0.3) is 5.56 Å². The predicted molar refractivity (Wildman–Crippen MR) is 83.8 cm³/mol. The van der Waals surface area contributed by atoms with E-state index in [1.807, 2.05) is 13.0 Å². The average Bonchev–Trinajstić information content (AvgIpc) is 2.89. The second kappa shape index (κ2) is 6.07. The van der Waals surface area contributed by atoms with Crippen LogP contribution in [0, 0.1) is 18.8 Å². The first-order valence-electron chi connectivity index (χ1n) is 8.01. The maximum absolute atomic E-state index is 11.9. The van der Waals surface area contributed by atoms with E-state index < -0.39 is 0 Å². The Morgan fingerprint density at radius 2 is 2.00 bits per heavy atom. The lowest BCUT2D eigenvalue weighted by Crippen LogP contribution is -2.20. The van der Waals surface area contributed by atoms with Gasteiger partial charge in [-0.05, 0) is 49.7 Å². The molecule has 0 spiro atoms. The highest BCUT2D eigenvalue weighted by Crippen LogP contribution is 2.37. The highest BCUT2D eigenvalue weighted by Gasteiger charge is 2.28. The van der Waals surface area contributed by atoms with Crippen LogP contribution in [0.25, 0.3) is 0 Å². The van der Waals surface area contributed by atoms with Crippen molar-refractivity contribution in [1.29, 1.82) is 0 Å². The van der Waals surface area contributed by atoms with Crippen LogP contribution in [0.5, 0.6) is 0 Å². The number of nitrogens with zero attached hydrogens (tertiary/aromatic N) is 3. The first kappa shape index (κ1) is 15.0. The minimum Gasteiger partial charge on any atom is -0.337 e. The molecule has 0 N–H and O–H groups in total. The molecule has 1 saturated carbocycles. The van der Waals surface area contributed by atoms with Crippen LogP contribution in [0.4, 0.5) is 0 Å². The Labute approximate surface area is 130 Å². The first-order chi connectivity index (χ1) is 10.5. The number of hydrogen-bond donors (Lipinski definition) is 0. The molecule has 2 aromatic rings. The van der Waals surface area contributed by atoms with Crippen molar-refractivity contribution >= 4 is 0 Å². The molecule has 5 nitrogen and oxygen atoms in total. The molecule has 2 unspecified atom stereocenters. The molecule has 2 aromatic heterocycles. The van der Waals surface area contributed by atoms with Gasteiger partial charge in [-0.25, -0.2) is 0 Å². The standard InChI is InChI=1S/C17H23N3O2/c1-11-4-5-20(16(21)9-11)10-15-18-17(19-22-15)14-7-12(2)6-13(3)8-14/h4-5,9,12-14H,6-8,10H2,1-3H3. The number of pyridine rings is 1. The number of aromatic nitrogens is 3. The molecular weight excluding hydrogens is 278 g/mol. The van der Waals surface area contributed by atoms with Crippen molar-refractivity contribution in [3.8, 4) is 0 Å². The van der Waals surface area contributed by atoms with E-state index in [1.165, 1.54) is 6.42 Å². The second-order valence-electron chi connectivity index (χ2n) is 6.83. The molecule has 0 bridgehead atoms. The number of rotatable bonds is 3. The highest BCUT2D eigenvalue weighted by atomic mass is 16.5. The van der Waals surface area contributed by atoms with E-state index in [0.717, 1.165) is 24.2 Å². The third kappa shape index (κ3) is 3.29. The molecule has 3 rings (SSSR count). The molecule has 2 atom stereocenters. The summed E-state index contributed by atoms with van der Waals surface area (Å²) in [5.41, 5.74) is 0.914. The van der Waals surface area contributed by atoms with Crippen molar-refractivity contribution in [3.05, 3.63) is 46.0 Å². The van der Waals surface area contributed by atoms with Gasteiger partial charge in [0.2, 0.25) is 5.89 Å². The summed E-state index contributed by atoms with van der Waals surface area (Å²) in [7, 11) is 0. The lowest BCUT2D eigenvalue weighted by Gasteiger charge is -2.29. The van der Waals surface area contributed by atoms with Crippen LogP contribution < -0.4 is 5.56 Å². The van der Waals surface area contributed by atoms with Gasteiger partial charge in [0.05, 0.1) is 0 Å². The monoisotopic (exact) mass is 301 g/mol. The molecule has 22 heavy (non-hydrogen) atoms. The molecule has 1 fully saturated rings. The molecule has 0 saturated heterocycles. The normalized spacial score (nSPS) is 25.3. The first-order valence-corrected chi connectivity index (χ1v) is 8.01. The average molecular weight is 301 g/mol. The molecule has 1 aliphatic rings. The number of hydrogen-bond acceptors (Lipinski definition) is 4. The zero-order valence-corrected chi connectivity index (χ0v) is 13.5. The van der Waals surface area contributed by atoms with E-state index in [4.69, 9.17) is 4.52 Å². The van der Waals surface area contributed by atoms with Crippen molar-refractivity contribution < 1.29 is 4.52 Å². The molecule has 0 aromatic carbocycles. The Hall–Kier alpha value is -1.91. The zero-order chi connectivity index (χ0) is 15.7. The van der Waals surface area contributed by atoms with Crippen LogP contribution in [0.1, 0.15) is 56.3 Å². The fourth-order valence-corrected chi connectivity index (χ4v) is 3.54. The molecular formula is C17H23N3O2. The quantitative estimate of drug-likeness (QED) is 0.874. The fourth-order valence-electron chi connectivity index (χ4n) is 3.54. The van der Waals surface area contributed by atoms with Crippen molar-refractivity contribution in [3.63, 3.8) is 0 Å². The largest absolute Gasteiger partial charge is 0.337 e. The van der Waals surface area contributed by atoms with Crippen LogP contribution >= 0.6 is 0 Å². The summed E-state index contributed by atoms with van der Waals surface area (Å²) in [6.45, 7) is 6.82. The van der Waals surface area contributed by atoms with Crippen molar-refractivity contribution in [1.82, 2.24) is 14.7 Å². The Kier molecular flexibility index (Phi) is 4.14. The SMILES string of the molecule is Cc1ccn(Cc2nc(C3CC(C)CC(C)C3)no2)c(=O)c1. The summed E-state index contributed by atoms with van der Waals surface area (Å²) in [4.78, 5) is 16.4. The minimum absolute atomic E-state index is 0.0420. The third-order valence-electron chi connectivity index (χ3n) is 4.48. The van der Waals surface area contributed by atoms with Crippen molar-refractivity contribution in [2.24, 2.45) is 11.8 Å². The van der Waals surface area contributed by atoms with E-state index in [2.05, 4.69) is 24.0 Å². The zero-order valence-electron chi connectivity index (χ0n) is 13.5. The highest BCUT2D eigenvalue weighted by molar-refractivity contribution is 5.09. The van der Waals surface area contributed by atoms with Gasteiger partial charge < -0.3 is 9.09 Å². The fraction of sp³-hybridized carbons (Fsp3) is 0.588. The molecule has 0 aliphatic heterocycles. The van der Waals surface area contributed by atoms with Crippen LogP contribution in [0.2, 0.25) is 0 Å². The topological polar surface area (TPSA) is 60.9 Å². The van der Waals surface area contributed by atoms with E-state index in [9.17, 15) is 4.79 Å². The maximum atomic E-state index is 11.9. The summed E-state index contributed by atoms with van der Waals surface area (Å²) in [5, 5.41) is 4.15. The van der Waals surface area contributed by atoms with Gasteiger partial charge in [0.1, 0.15) is 6.54 Å². The van der Waals surface area contributed by atoms with E-state index in [0.29, 0.717) is 30.2 Å². The molecule has 118 valence electrons. The predicted octanol–water partition coefficient (Wildman–Crippen LogP) is 3.13. The van der Waals surface area contributed by atoms with Crippen LogP contribution in [0.3, 0.4) is 0 Å². The van der Waals surface area contributed by atoms with Crippen LogP contribution in [0.15, 0.2) is 27.6 Å². The lowest BCUT2D eigenvalue weighted by molar-refractivity contribution is 0.257. The van der Waals surface area contributed by atoms with E-state index in [-0.39, 0.29) is 5.56 Å². The van der Waals surface area contributed by atoms with Gasteiger partial charge in [-0.2, -0.15) is 4.98 Å². The van der Waals surface area contributed by atoms with Gasteiger partial charge >= 0.3 is 0 Å². The van der Waals surface area contributed by atoms with Gasteiger partial charge in [-0.15, -0.1) is 0 Å². The van der Waals surface area contributed by atoms with Crippen molar-refractivity contribution in [2.75, 3.05) is 0 Å². The van der Waals surface area contributed by atoms with E-state index in [1.54, 1.807) is 16.8 Å². The maximum Gasteiger partial charge on any atom is 0.251 e.